The van der Waals surface area contributed by atoms with Crippen LogP contribution in [0.15, 0.2) is 36.5 Å². The van der Waals surface area contributed by atoms with E-state index in [1.807, 2.05) is 23.0 Å². The number of nitrogens with one attached hydrogen (secondary N) is 1. The van der Waals surface area contributed by atoms with Crippen LogP contribution < -0.4 is 5.32 Å². The standard InChI is InChI=1S/C15H21N3O/c1-12(2)18-8-7-15(17-18)10-16-14-6-4-5-13(9-14)11-19-3/h4-9,12,16H,10-11H2,1-3H3. The number of benzene rings is 1. The number of ether oxygens (including phenoxy) is 1. The molecule has 1 aromatic carbocycles. The van der Waals surface area contributed by atoms with E-state index in [1.165, 1.54) is 5.56 Å². The molecule has 0 aliphatic rings. The summed E-state index contributed by atoms with van der Waals surface area (Å²) in [6.45, 7) is 5.62. The number of aromatic nitrogens is 2. The summed E-state index contributed by atoms with van der Waals surface area (Å²) in [5.41, 5.74) is 3.31. The second-order valence-corrected chi connectivity index (χ2v) is 4.87. The molecule has 1 heterocycles. The van der Waals surface area contributed by atoms with Gasteiger partial charge in [-0.05, 0) is 37.6 Å². The Morgan fingerprint density at radius 3 is 2.84 bits per heavy atom. The van der Waals surface area contributed by atoms with Gasteiger partial charge in [0.1, 0.15) is 0 Å². The Morgan fingerprint density at radius 1 is 1.32 bits per heavy atom. The van der Waals surface area contributed by atoms with Crippen LogP contribution in [0.5, 0.6) is 0 Å². The van der Waals surface area contributed by atoms with Crippen molar-refractivity contribution in [2.45, 2.75) is 33.0 Å². The molecule has 2 aromatic rings. The molecule has 0 bridgehead atoms. The average molecular weight is 259 g/mol. The minimum atomic E-state index is 0.402. The predicted octanol–water partition coefficient (Wildman–Crippen LogP) is 3.22. The molecule has 0 saturated heterocycles. The molecule has 0 atom stereocenters. The Morgan fingerprint density at radius 2 is 2.16 bits per heavy atom. The van der Waals surface area contributed by atoms with E-state index in [9.17, 15) is 0 Å². The van der Waals surface area contributed by atoms with Crippen LogP contribution in [-0.2, 0) is 17.9 Å². The van der Waals surface area contributed by atoms with Gasteiger partial charge in [0.05, 0.1) is 18.8 Å². The quantitative estimate of drug-likeness (QED) is 0.865. The first kappa shape index (κ1) is 13.6. The van der Waals surface area contributed by atoms with Crippen LogP contribution in [0.2, 0.25) is 0 Å². The van der Waals surface area contributed by atoms with Gasteiger partial charge in [-0.2, -0.15) is 5.10 Å². The average Bonchev–Trinajstić information content (AvgIpc) is 2.86. The molecule has 4 heteroatoms. The zero-order valence-corrected chi connectivity index (χ0v) is 11.8. The van der Waals surface area contributed by atoms with Gasteiger partial charge in [-0.1, -0.05) is 12.1 Å². The first-order valence-electron chi connectivity index (χ1n) is 6.55. The van der Waals surface area contributed by atoms with Crippen molar-refractivity contribution in [2.24, 2.45) is 0 Å². The number of methoxy groups -OCH3 is 1. The molecule has 0 spiro atoms. The SMILES string of the molecule is COCc1cccc(NCc2ccn(C(C)C)n2)c1. The van der Waals surface area contributed by atoms with Gasteiger partial charge >= 0.3 is 0 Å². The second kappa shape index (κ2) is 6.38. The summed E-state index contributed by atoms with van der Waals surface area (Å²) in [7, 11) is 1.71. The van der Waals surface area contributed by atoms with Crippen LogP contribution in [0.4, 0.5) is 5.69 Å². The Labute approximate surface area is 114 Å². The molecule has 102 valence electrons. The van der Waals surface area contributed by atoms with Crippen LogP contribution >= 0.6 is 0 Å². The number of nitrogens with zero attached hydrogens (tertiary/aromatic N) is 2. The zero-order chi connectivity index (χ0) is 13.7. The molecular weight excluding hydrogens is 238 g/mol. The maximum atomic E-state index is 5.13. The van der Waals surface area contributed by atoms with Crippen LogP contribution in [-0.4, -0.2) is 16.9 Å². The fraction of sp³-hybridized carbons (Fsp3) is 0.400. The van der Waals surface area contributed by atoms with Gasteiger partial charge in [-0.3, -0.25) is 4.68 Å². The smallest absolute Gasteiger partial charge is 0.0815 e. The van der Waals surface area contributed by atoms with E-state index in [0.717, 1.165) is 17.9 Å². The molecule has 4 nitrogen and oxygen atoms in total. The van der Waals surface area contributed by atoms with Crippen LogP contribution in [0.1, 0.15) is 31.1 Å². The molecule has 1 aromatic heterocycles. The first-order valence-corrected chi connectivity index (χ1v) is 6.55. The van der Waals surface area contributed by atoms with Crippen molar-refractivity contribution in [3.63, 3.8) is 0 Å². The molecule has 0 amide bonds. The maximum absolute atomic E-state index is 5.13. The molecule has 0 unspecified atom stereocenters. The van der Waals surface area contributed by atoms with Gasteiger partial charge in [0.25, 0.3) is 0 Å². The minimum Gasteiger partial charge on any atom is -0.380 e. The summed E-state index contributed by atoms with van der Waals surface area (Å²) in [4.78, 5) is 0. The Balaban J connectivity index is 1.95. The number of rotatable bonds is 6. The normalized spacial score (nSPS) is 10.9. The second-order valence-electron chi connectivity index (χ2n) is 4.87. The summed E-state index contributed by atoms with van der Waals surface area (Å²) in [5, 5.41) is 7.89. The van der Waals surface area contributed by atoms with Gasteiger partial charge in [0.15, 0.2) is 0 Å². The Kier molecular flexibility index (Phi) is 4.58. The molecule has 1 N–H and O–H groups in total. The van der Waals surface area contributed by atoms with Gasteiger partial charge in [0, 0.05) is 25.0 Å². The van der Waals surface area contributed by atoms with E-state index in [1.54, 1.807) is 7.11 Å². The molecule has 0 aliphatic heterocycles. The predicted molar refractivity (Wildman–Crippen MR) is 77.1 cm³/mol. The lowest BCUT2D eigenvalue weighted by Crippen LogP contribution is -2.04. The van der Waals surface area contributed by atoms with Gasteiger partial charge in [-0.15, -0.1) is 0 Å². The molecule has 0 saturated carbocycles. The monoisotopic (exact) mass is 259 g/mol. The fourth-order valence-corrected chi connectivity index (χ4v) is 1.89. The van der Waals surface area contributed by atoms with Crippen LogP contribution in [0.25, 0.3) is 0 Å². The molecular formula is C15H21N3O. The molecule has 0 aliphatic carbocycles. The highest BCUT2D eigenvalue weighted by molar-refractivity contribution is 5.45. The maximum Gasteiger partial charge on any atom is 0.0815 e. The van der Waals surface area contributed by atoms with Crippen LogP contribution in [0.3, 0.4) is 0 Å². The molecule has 19 heavy (non-hydrogen) atoms. The van der Waals surface area contributed by atoms with E-state index in [-0.39, 0.29) is 0 Å². The summed E-state index contributed by atoms with van der Waals surface area (Å²) in [5.74, 6) is 0. The molecule has 2 rings (SSSR count). The van der Waals surface area contributed by atoms with Crippen molar-refractivity contribution >= 4 is 5.69 Å². The van der Waals surface area contributed by atoms with Crippen molar-refractivity contribution in [2.75, 3.05) is 12.4 Å². The van der Waals surface area contributed by atoms with Gasteiger partial charge in [0.2, 0.25) is 0 Å². The highest BCUT2D eigenvalue weighted by Gasteiger charge is 2.02. The topological polar surface area (TPSA) is 39.1 Å². The van der Waals surface area contributed by atoms with E-state index in [0.29, 0.717) is 12.6 Å². The summed E-state index contributed by atoms with van der Waals surface area (Å²) in [6.07, 6.45) is 2.02. The van der Waals surface area contributed by atoms with Crippen LogP contribution in [0, 0.1) is 0 Å². The van der Waals surface area contributed by atoms with E-state index in [4.69, 9.17) is 4.74 Å². The van der Waals surface area contributed by atoms with Crippen molar-refractivity contribution in [3.05, 3.63) is 47.8 Å². The third-order valence-electron chi connectivity index (χ3n) is 2.90. The van der Waals surface area contributed by atoms with Crippen molar-refractivity contribution in [1.82, 2.24) is 9.78 Å². The lowest BCUT2D eigenvalue weighted by atomic mass is 10.2. The number of hydrogen-bond acceptors (Lipinski definition) is 3. The third-order valence-corrected chi connectivity index (χ3v) is 2.90. The Hall–Kier alpha value is -1.81. The fourth-order valence-electron chi connectivity index (χ4n) is 1.89. The minimum absolute atomic E-state index is 0.402. The first-order chi connectivity index (χ1) is 9.19. The van der Waals surface area contributed by atoms with Gasteiger partial charge < -0.3 is 10.1 Å². The number of hydrogen-bond donors (Lipinski definition) is 1. The highest BCUT2D eigenvalue weighted by atomic mass is 16.5. The number of anilines is 1. The van der Waals surface area contributed by atoms with E-state index >= 15 is 0 Å². The Bertz CT molecular complexity index is 520. The zero-order valence-electron chi connectivity index (χ0n) is 11.8. The van der Waals surface area contributed by atoms with E-state index in [2.05, 4.69) is 42.5 Å². The van der Waals surface area contributed by atoms with Crippen molar-refractivity contribution in [3.8, 4) is 0 Å². The third kappa shape index (κ3) is 3.83. The molecule has 0 fully saturated rings. The highest BCUT2D eigenvalue weighted by Crippen LogP contribution is 2.13. The molecule has 0 radical (unpaired) electrons. The van der Waals surface area contributed by atoms with Crippen molar-refractivity contribution < 1.29 is 4.74 Å². The largest absolute Gasteiger partial charge is 0.380 e. The lowest BCUT2D eigenvalue weighted by molar-refractivity contribution is 0.185. The van der Waals surface area contributed by atoms with Gasteiger partial charge in [-0.25, -0.2) is 0 Å². The summed E-state index contributed by atoms with van der Waals surface area (Å²) < 4.78 is 7.10. The summed E-state index contributed by atoms with van der Waals surface area (Å²) in [6, 6.07) is 10.7. The lowest BCUT2D eigenvalue weighted by Gasteiger charge is -2.07. The van der Waals surface area contributed by atoms with E-state index < -0.39 is 0 Å². The summed E-state index contributed by atoms with van der Waals surface area (Å²) >= 11 is 0. The van der Waals surface area contributed by atoms with Crippen molar-refractivity contribution in [1.29, 1.82) is 0 Å².